The Hall–Kier alpha value is -11.9. The summed E-state index contributed by atoms with van der Waals surface area (Å²) in [6, 6.07) is 68.0. The van der Waals surface area contributed by atoms with E-state index in [9.17, 15) is 16.4 Å². The Balaban J connectivity index is 1.02. The molecule has 5 heteroatoms. The summed E-state index contributed by atoms with van der Waals surface area (Å²) < 4.78 is 137. The average molecular weight is 1440 g/mol. The monoisotopic (exact) mass is 1440 g/mol. The Labute approximate surface area is 665 Å². The van der Waals surface area contributed by atoms with Crippen LogP contribution in [0.1, 0.15) is 172 Å². The van der Waals surface area contributed by atoms with Crippen LogP contribution in [0.5, 0.6) is 0 Å². The number of hydrogen-bond acceptors (Lipinski definition) is 3. The molecule has 5 heterocycles. The molecular weight excluding hydrogens is 1330 g/mol. The average Bonchev–Trinajstić information content (AvgIpc) is 1.60. The van der Waals surface area contributed by atoms with Crippen LogP contribution in [0, 0.1) is 0 Å². The Kier molecular flexibility index (Phi) is 12.5. The van der Waals surface area contributed by atoms with Gasteiger partial charge >= 0.3 is 0 Å². The van der Waals surface area contributed by atoms with Crippen LogP contribution in [-0.4, -0.2) is 9.13 Å². The van der Waals surface area contributed by atoms with Gasteiger partial charge in [0, 0.05) is 54.9 Å². The molecule has 0 radical (unpaired) electrons. The van der Waals surface area contributed by atoms with Crippen molar-refractivity contribution in [1.82, 2.24) is 9.13 Å². The van der Waals surface area contributed by atoms with Gasteiger partial charge in [0.05, 0.1) is 85.4 Å². The molecule has 0 spiro atoms. The van der Waals surface area contributed by atoms with Crippen LogP contribution < -0.4 is 9.80 Å². The summed E-state index contributed by atoms with van der Waals surface area (Å²) in [6.45, 7) is 33.4. The number of para-hydroxylation sites is 4. The summed E-state index contributed by atoms with van der Waals surface area (Å²) in [5.41, 5.74) is 20.2. The molecule has 0 N–H and O–H groups in total. The van der Waals surface area contributed by atoms with Crippen LogP contribution in [0.2, 0.25) is 0 Å². The fourth-order valence-corrected chi connectivity index (χ4v) is 17.0. The van der Waals surface area contributed by atoms with Crippen molar-refractivity contribution in [3.63, 3.8) is 0 Å². The summed E-state index contributed by atoms with van der Waals surface area (Å²) in [7, 11) is 0. The lowest BCUT2D eigenvalue weighted by molar-refractivity contribution is 0.569. The molecular formula is C105H94N4O. The third-order valence-corrected chi connectivity index (χ3v) is 23.0. The molecule has 3 aromatic heterocycles. The van der Waals surface area contributed by atoms with Crippen molar-refractivity contribution in [3.05, 3.63) is 335 Å². The minimum Gasteiger partial charge on any atom is -0.452 e. The maximum absolute atomic E-state index is 10.2. The van der Waals surface area contributed by atoms with Gasteiger partial charge in [0.2, 0.25) is 0 Å². The van der Waals surface area contributed by atoms with E-state index in [0.717, 1.165) is 111 Å². The quantitative estimate of drug-likeness (QED) is 0.152. The highest BCUT2D eigenvalue weighted by molar-refractivity contribution is 6.17. The van der Waals surface area contributed by atoms with Gasteiger partial charge in [0.15, 0.2) is 11.2 Å². The van der Waals surface area contributed by atoms with E-state index in [1.165, 1.54) is 11.1 Å². The van der Waals surface area contributed by atoms with E-state index in [2.05, 4.69) is 264 Å². The topological polar surface area (TPSA) is 29.5 Å². The first-order valence-electron chi connectivity index (χ1n) is 44.8. The van der Waals surface area contributed by atoms with Gasteiger partial charge in [0.1, 0.15) is 0 Å². The van der Waals surface area contributed by atoms with Gasteiger partial charge in [-0.3, -0.25) is 0 Å². The first-order valence-corrected chi connectivity index (χ1v) is 38.3. The van der Waals surface area contributed by atoms with Gasteiger partial charge in [0.25, 0.3) is 0 Å². The molecule has 14 aromatic carbocycles. The number of fused-ring (bicyclic) bond motifs is 13. The highest BCUT2D eigenvalue weighted by Crippen LogP contribution is 2.65. The smallest absolute Gasteiger partial charge is 0.159 e. The van der Waals surface area contributed by atoms with Crippen LogP contribution >= 0.6 is 0 Å². The lowest BCUT2D eigenvalue weighted by Crippen LogP contribution is -2.30. The molecule has 540 valence electrons. The molecule has 5 nitrogen and oxygen atoms in total. The van der Waals surface area contributed by atoms with E-state index in [1.54, 1.807) is 4.57 Å². The molecule has 0 amide bonds. The van der Waals surface area contributed by atoms with E-state index in [4.69, 9.17) is 5.79 Å². The zero-order valence-electron chi connectivity index (χ0n) is 78.0. The predicted molar refractivity (Wildman–Crippen MR) is 468 cm³/mol. The van der Waals surface area contributed by atoms with Gasteiger partial charge in [-0.2, -0.15) is 0 Å². The van der Waals surface area contributed by atoms with Gasteiger partial charge in [-0.25, -0.2) is 0 Å². The second-order valence-corrected chi connectivity index (χ2v) is 35.2. The SMILES string of the molecule is [2H]c1c([2H])c([2H])c(-c2ccc3c(c2)N(c2c(-c4ccccc4)cc(C(C)(C)C)cc2-c2ccccc2)c2cc(-n4c5c([2H])c([2H])c([2H])c([2H])c5c5c([2H])c([2H])c([2H])c([2H])c54)cc4c2C3c2ccc(-c3cc(C(C)(C)C)cc(C(C)(C)C)c3)cc2N4c2cccc3c2oc2c(-n4c5ccc(C(C)(C)C)cc5c5cc(C(C)(C)C)ccc54)cccc23)c([2H])c1[2H]. The zero-order valence-corrected chi connectivity index (χ0v) is 65.0. The van der Waals surface area contributed by atoms with E-state index in [0.29, 0.717) is 45.2 Å². The normalized spacial score (nSPS) is 15.7. The second kappa shape index (κ2) is 24.8. The largest absolute Gasteiger partial charge is 0.452 e. The molecule has 2 aliphatic heterocycles. The Morgan fingerprint density at radius 1 is 0.282 bits per heavy atom. The van der Waals surface area contributed by atoms with Gasteiger partial charge in [-0.15, -0.1) is 0 Å². The molecule has 0 bridgehead atoms. The number of benzene rings is 14. The van der Waals surface area contributed by atoms with Crippen molar-refractivity contribution in [2.45, 2.75) is 137 Å². The zero-order chi connectivity index (χ0) is 87.1. The van der Waals surface area contributed by atoms with E-state index < -0.39 is 77.8 Å². The van der Waals surface area contributed by atoms with E-state index >= 15 is 0 Å². The maximum Gasteiger partial charge on any atom is 0.159 e. The molecule has 0 fully saturated rings. The minimum absolute atomic E-state index is 0.0104. The third-order valence-electron chi connectivity index (χ3n) is 23.0. The molecule has 0 saturated carbocycles. The molecule has 0 aliphatic carbocycles. The van der Waals surface area contributed by atoms with E-state index in [1.807, 2.05) is 66.7 Å². The molecule has 19 rings (SSSR count). The number of hydrogen-bond donors (Lipinski definition) is 0. The summed E-state index contributed by atoms with van der Waals surface area (Å²) in [5, 5.41) is 3.71. The summed E-state index contributed by atoms with van der Waals surface area (Å²) in [6.07, 6.45) is 0. The van der Waals surface area contributed by atoms with Crippen molar-refractivity contribution in [2.75, 3.05) is 9.80 Å². The highest BCUT2D eigenvalue weighted by atomic mass is 16.3. The lowest BCUT2D eigenvalue weighted by atomic mass is 9.74. The first kappa shape index (κ1) is 55.5. The number of furan rings is 1. The number of aromatic nitrogens is 2. The van der Waals surface area contributed by atoms with E-state index in [-0.39, 0.29) is 66.8 Å². The maximum atomic E-state index is 10.2. The number of rotatable bonds is 8. The van der Waals surface area contributed by atoms with Gasteiger partial charge in [-0.05, 0) is 184 Å². The van der Waals surface area contributed by atoms with Gasteiger partial charge < -0.3 is 23.4 Å². The van der Waals surface area contributed by atoms with Crippen molar-refractivity contribution in [3.8, 4) is 55.9 Å². The number of nitrogens with zero attached hydrogens (tertiary/aromatic N) is 4. The molecule has 1 unspecified atom stereocenters. The van der Waals surface area contributed by atoms with Crippen LogP contribution in [0.3, 0.4) is 0 Å². The van der Waals surface area contributed by atoms with Crippen LogP contribution in [0.4, 0.5) is 34.1 Å². The third kappa shape index (κ3) is 11.1. The Morgan fingerprint density at radius 3 is 1.24 bits per heavy atom. The van der Waals surface area contributed by atoms with Crippen LogP contribution in [0.15, 0.2) is 295 Å². The van der Waals surface area contributed by atoms with Crippen molar-refractivity contribution in [2.24, 2.45) is 0 Å². The Bertz CT molecular complexity index is 7180. The predicted octanol–water partition coefficient (Wildman–Crippen LogP) is 29.7. The standard InChI is InChI=1S/C105H94N4O/c1-101(2,3)70-47-51-88-84(58-70)85-59-71(102(4,5)6)48-52-89(85)107(88)90-43-29-39-78-79-40-30-44-91(100(79)110-99(78)90)108-92-56-68(69-53-72(103(7,8)9)57-73(54-69)104(10,11)12)46-50-80(92)96-81-49-45-67(64-31-19-16-20-32-64)55-93(81)109(95-63-75(62-94(108)97(95)96)106-86-41-27-25-37-76(86)77-38-26-28-42-87(77)106)98-82(65-33-21-17-22-34-65)60-74(105(13,14)15)61-83(98)66-35-23-18-24-36-66/h16-63,96H,1-15H3/i16D,19D,20D,25D,26D,27D,28D,31D,32D,37D,38D,41D,42D. The van der Waals surface area contributed by atoms with Crippen molar-refractivity contribution >= 4 is 99.7 Å². The first-order chi connectivity index (χ1) is 58.1. The summed E-state index contributed by atoms with van der Waals surface area (Å²) in [5.74, 6) is -0.730. The lowest BCUT2D eigenvalue weighted by Gasteiger charge is -2.46. The minimum atomic E-state index is -0.730. The fraction of sp³-hybridized carbons (Fsp3) is 0.200. The number of anilines is 6. The Morgan fingerprint density at radius 2 is 0.727 bits per heavy atom. The summed E-state index contributed by atoms with van der Waals surface area (Å²) in [4.78, 5) is 4.49. The van der Waals surface area contributed by atoms with Gasteiger partial charge in [-0.1, -0.05) is 310 Å². The summed E-state index contributed by atoms with van der Waals surface area (Å²) >= 11 is 0. The molecule has 1 atom stereocenters. The fourth-order valence-electron chi connectivity index (χ4n) is 17.0. The molecule has 17 aromatic rings. The highest BCUT2D eigenvalue weighted by Gasteiger charge is 2.44. The molecule has 110 heavy (non-hydrogen) atoms. The molecule has 0 saturated heterocycles. The van der Waals surface area contributed by atoms with Crippen LogP contribution in [0.25, 0.3) is 121 Å². The molecule has 2 aliphatic rings. The van der Waals surface area contributed by atoms with Crippen LogP contribution in [-0.2, 0) is 27.1 Å². The van der Waals surface area contributed by atoms with Crippen molar-refractivity contribution < 1.29 is 22.2 Å². The second-order valence-electron chi connectivity index (χ2n) is 35.2. The van der Waals surface area contributed by atoms with Crippen molar-refractivity contribution in [1.29, 1.82) is 0 Å².